The molecule has 0 spiro atoms. The van der Waals surface area contributed by atoms with Gasteiger partial charge in [0.15, 0.2) is 5.76 Å². The summed E-state index contributed by atoms with van der Waals surface area (Å²) < 4.78 is 6.40. The Kier molecular flexibility index (Phi) is 2.55. The van der Waals surface area contributed by atoms with Crippen molar-refractivity contribution < 1.29 is 9.21 Å². The largest absolute Gasteiger partial charge is 0.461 e. The van der Waals surface area contributed by atoms with E-state index in [4.69, 9.17) is 4.42 Å². The van der Waals surface area contributed by atoms with Gasteiger partial charge < -0.3 is 4.42 Å². The maximum absolute atomic E-state index is 11.6. The van der Waals surface area contributed by atoms with Crippen LogP contribution in [0.1, 0.15) is 16.2 Å². The van der Waals surface area contributed by atoms with Crippen molar-refractivity contribution in [2.75, 3.05) is 0 Å². The van der Waals surface area contributed by atoms with Crippen LogP contribution in [0.25, 0.3) is 0 Å². The van der Waals surface area contributed by atoms with Gasteiger partial charge in [-0.05, 0) is 19.1 Å². The Labute approximate surface area is 89.8 Å². The molecular formula is C10H9NO3S. The summed E-state index contributed by atoms with van der Waals surface area (Å²) in [6.07, 6.45) is 1.44. The number of Topliss-reactive ketones (excluding diaryl/α,β-unsaturated/α-hetero) is 1. The average Bonchev–Trinajstić information content (AvgIpc) is 2.82. The number of aromatic nitrogens is 1. The highest BCUT2D eigenvalue weighted by molar-refractivity contribution is 7.07. The van der Waals surface area contributed by atoms with Gasteiger partial charge in [0.1, 0.15) is 0 Å². The van der Waals surface area contributed by atoms with E-state index in [0.29, 0.717) is 0 Å². The first-order valence-electron chi connectivity index (χ1n) is 4.40. The summed E-state index contributed by atoms with van der Waals surface area (Å²) in [6.45, 7) is 1.84. The summed E-state index contributed by atoms with van der Waals surface area (Å²) in [5, 5.41) is 1.73. The summed E-state index contributed by atoms with van der Waals surface area (Å²) >= 11 is 1.09. The number of carbonyl (C=O) groups is 1. The zero-order chi connectivity index (χ0) is 10.8. The molecule has 0 aromatic carbocycles. The van der Waals surface area contributed by atoms with Crippen molar-refractivity contribution >= 4 is 17.1 Å². The summed E-state index contributed by atoms with van der Waals surface area (Å²) in [5.41, 5.74) is 0.796. The molecular weight excluding hydrogens is 214 g/mol. The molecule has 0 saturated carbocycles. The Bertz CT molecular complexity index is 521. The van der Waals surface area contributed by atoms with Gasteiger partial charge in [-0.15, -0.1) is 0 Å². The summed E-state index contributed by atoms with van der Waals surface area (Å²) in [6, 6.07) is 3.24. The molecule has 15 heavy (non-hydrogen) atoms. The van der Waals surface area contributed by atoms with Gasteiger partial charge in [0.05, 0.1) is 12.8 Å². The molecule has 0 atom stereocenters. The SMILES string of the molecule is Cc1csc(=O)n1CC(=O)c1ccco1. The molecule has 2 rings (SSSR count). The van der Waals surface area contributed by atoms with Crippen LogP contribution in [0.4, 0.5) is 0 Å². The second-order valence-electron chi connectivity index (χ2n) is 3.13. The molecule has 2 aromatic heterocycles. The lowest BCUT2D eigenvalue weighted by Gasteiger charge is -2.00. The number of carbonyl (C=O) groups excluding carboxylic acids is 1. The minimum atomic E-state index is -0.191. The van der Waals surface area contributed by atoms with Gasteiger partial charge in [-0.25, -0.2) is 0 Å². The molecule has 78 valence electrons. The van der Waals surface area contributed by atoms with Gasteiger partial charge in [-0.2, -0.15) is 0 Å². The Hall–Kier alpha value is -1.62. The van der Waals surface area contributed by atoms with E-state index >= 15 is 0 Å². The predicted octanol–water partition coefficient (Wildman–Crippen LogP) is 1.69. The number of furan rings is 1. The fourth-order valence-corrected chi connectivity index (χ4v) is 1.99. The highest BCUT2D eigenvalue weighted by Crippen LogP contribution is 2.05. The Morgan fingerprint density at radius 2 is 2.40 bits per heavy atom. The Morgan fingerprint density at radius 1 is 1.60 bits per heavy atom. The zero-order valence-corrected chi connectivity index (χ0v) is 8.91. The quantitative estimate of drug-likeness (QED) is 0.744. The molecule has 2 aromatic rings. The van der Waals surface area contributed by atoms with Gasteiger partial charge in [-0.1, -0.05) is 11.3 Å². The van der Waals surface area contributed by atoms with E-state index in [0.717, 1.165) is 17.0 Å². The van der Waals surface area contributed by atoms with Crippen molar-refractivity contribution in [3.05, 3.63) is 44.9 Å². The van der Waals surface area contributed by atoms with Crippen LogP contribution in [-0.4, -0.2) is 10.4 Å². The molecule has 0 radical (unpaired) electrons. The van der Waals surface area contributed by atoms with E-state index in [2.05, 4.69) is 0 Å². The molecule has 0 amide bonds. The standard InChI is InChI=1S/C10H9NO3S/c1-7-6-15-10(13)11(7)5-8(12)9-3-2-4-14-9/h2-4,6H,5H2,1H3. The fraction of sp³-hybridized carbons (Fsp3) is 0.200. The molecule has 0 aliphatic rings. The van der Waals surface area contributed by atoms with Crippen LogP contribution in [0.2, 0.25) is 0 Å². The van der Waals surface area contributed by atoms with E-state index in [-0.39, 0.29) is 23.0 Å². The Morgan fingerprint density at radius 3 is 2.93 bits per heavy atom. The minimum absolute atomic E-state index is 0.0433. The zero-order valence-electron chi connectivity index (χ0n) is 8.10. The van der Waals surface area contributed by atoms with E-state index in [1.165, 1.54) is 10.8 Å². The summed E-state index contributed by atoms with van der Waals surface area (Å²) in [5.74, 6) is 0.0936. The number of ketones is 1. The number of aryl methyl sites for hydroxylation is 1. The van der Waals surface area contributed by atoms with Crippen LogP contribution in [0, 0.1) is 6.92 Å². The molecule has 0 fully saturated rings. The van der Waals surface area contributed by atoms with Crippen LogP contribution in [-0.2, 0) is 6.54 Å². The fourth-order valence-electron chi connectivity index (χ4n) is 1.25. The van der Waals surface area contributed by atoms with E-state index in [1.807, 2.05) is 0 Å². The van der Waals surface area contributed by atoms with Gasteiger partial charge in [0, 0.05) is 11.1 Å². The molecule has 0 unspecified atom stereocenters. The average molecular weight is 223 g/mol. The van der Waals surface area contributed by atoms with Crippen molar-refractivity contribution in [2.24, 2.45) is 0 Å². The maximum Gasteiger partial charge on any atom is 0.307 e. The molecule has 0 saturated heterocycles. The molecule has 0 N–H and O–H groups in total. The molecule has 4 nitrogen and oxygen atoms in total. The smallest absolute Gasteiger partial charge is 0.307 e. The predicted molar refractivity (Wildman–Crippen MR) is 56.4 cm³/mol. The van der Waals surface area contributed by atoms with E-state index < -0.39 is 0 Å². The topological polar surface area (TPSA) is 52.2 Å². The lowest BCUT2D eigenvalue weighted by Crippen LogP contribution is -2.20. The second-order valence-corrected chi connectivity index (χ2v) is 3.95. The second kappa shape index (κ2) is 3.86. The molecule has 0 aliphatic heterocycles. The van der Waals surface area contributed by atoms with Crippen molar-refractivity contribution in [2.45, 2.75) is 13.5 Å². The lowest BCUT2D eigenvalue weighted by atomic mass is 10.3. The van der Waals surface area contributed by atoms with Crippen LogP contribution in [0.5, 0.6) is 0 Å². The first-order chi connectivity index (χ1) is 7.18. The monoisotopic (exact) mass is 223 g/mol. The normalized spacial score (nSPS) is 10.5. The third kappa shape index (κ3) is 1.92. The Balaban J connectivity index is 2.24. The molecule has 2 heterocycles. The van der Waals surface area contributed by atoms with Gasteiger partial charge in [0.2, 0.25) is 5.78 Å². The van der Waals surface area contributed by atoms with Gasteiger partial charge in [-0.3, -0.25) is 14.2 Å². The number of thiazole rings is 1. The molecule has 5 heteroatoms. The van der Waals surface area contributed by atoms with Crippen LogP contribution < -0.4 is 4.87 Å². The first kappa shape index (κ1) is 9.92. The number of nitrogens with zero attached hydrogens (tertiary/aromatic N) is 1. The van der Waals surface area contributed by atoms with Crippen molar-refractivity contribution in [3.63, 3.8) is 0 Å². The third-order valence-corrected chi connectivity index (χ3v) is 2.96. The first-order valence-corrected chi connectivity index (χ1v) is 5.28. The van der Waals surface area contributed by atoms with Crippen molar-refractivity contribution in [3.8, 4) is 0 Å². The van der Waals surface area contributed by atoms with Crippen LogP contribution >= 0.6 is 11.3 Å². The van der Waals surface area contributed by atoms with Crippen LogP contribution in [0.15, 0.2) is 33.0 Å². The maximum atomic E-state index is 11.6. The molecule has 0 bridgehead atoms. The third-order valence-electron chi connectivity index (χ3n) is 2.07. The van der Waals surface area contributed by atoms with E-state index in [1.54, 1.807) is 24.4 Å². The van der Waals surface area contributed by atoms with Crippen molar-refractivity contribution in [1.29, 1.82) is 0 Å². The van der Waals surface area contributed by atoms with Gasteiger partial charge in [0.25, 0.3) is 0 Å². The summed E-state index contributed by atoms with van der Waals surface area (Å²) in [7, 11) is 0. The highest BCUT2D eigenvalue weighted by atomic mass is 32.1. The van der Waals surface area contributed by atoms with Crippen molar-refractivity contribution in [1.82, 2.24) is 4.57 Å². The number of rotatable bonds is 3. The lowest BCUT2D eigenvalue weighted by molar-refractivity contribution is 0.0943. The highest BCUT2D eigenvalue weighted by Gasteiger charge is 2.12. The van der Waals surface area contributed by atoms with E-state index in [9.17, 15) is 9.59 Å². The van der Waals surface area contributed by atoms with Crippen LogP contribution in [0.3, 0.4) is 0 Å². The molecule has 0 aliphatic carbocycles. The summed E-state index contributed by atoms with van der Waals surface area (Å²) in [4.78, 5) is 22.9. The number of hydrogen-bond acceptors (Lipinski definition) is 4. The minimum Gasteiger partial charge on any atom is -0.461 e. The van der Waals surface area contributed by atoms with Gasteiger partial charge >= 0.3 is 4.87 Å². The number of hydrogen-bond donors (Lipinski definition) is 0.